The average Bonchev–Trinajstić information content (AvgIpc) is 3.27. The maximum atomic E-state index is 12.7. The van der Waals surface area contributed by atoms with Gasteiger partial charge in [-0.25, -0.2) is 0 Å². The number of benzene rings is 2. The lowest BCUT2D eigenvalue weighted by atomic mass is 10.1. The molecule has 1 atom stereocenters. The summed E-state index contributed by atoms with van der Waals surface area (Å²) in [6, 6.07) is 22.0. The molecule has 144 valence electrons. The molecule has 0 aliphatic heterocycles. The van der Waals surface area contributed by atoms with E-state index in [4.69, 9.17) is 4.74 Å². The van der Waals surface area contributed by atoms with Crippen LogP contribution in [0.1, 0.15) is 15.2 Å². The van der Waals surface area contributed by atoms with Gasteiger partial charge in [-0.1, -0.05) is 54.6 Å². The van der Waals surface area contributed by atoms with Gasteiger partial charge in [-0.3, -0.25) is 9.59 Å². The number of carbonyl (C=O) groups excluding carboxylic acids is 2. The Bertz CT molecular complexity index is 867. The Kier molecular flexibility index (Phi) is 7.21. The summed E-state index contributed by atoms with van der Waals surface area (Å²) in [4.78, 5) is 25.7. The zero-order valence-electron chi connectivity index (χ0n) is 15.3. The first-order valence-corrected chi connectivity index (χ1v) is 9.94. The largest absolute Gasteiger partial charge is 0.492 e. The van der Waals surface area contributed by atoms with Gasteiger partial charge in [0.05, 0.1) is 11.4 Å². The molecule has 2 amide bonds. The van der Waals surface area contributed by atoms with Crippen molar-refractivity contribution in [2.75, 3.05) is 13.2 Å². The first-order chi connectivity index (χ1) is 13.7. The normalized spacial score (nSPS) is 11.4. The number of ether oxygens (including phenoxy) is 1. The molecule has 0 saturated heterocycles. The Morgan fingerprint density at radius 3 is 2.32 bits per heavy atom. The quantitative estimate of drug-likeness (QED) is 0.547. The van der Waals surface area contributed by atoms with Crippen LogP contribution in [0.2, 0.25) is 0 Å². The first-order valence-electron chi connectivity index (χ1n) is 9.06. The molecule has 0 fully saturated rings. The van der Waals surface area contributed by atoms with Gasteiger partial charge in [-0.05, 0) is 29.1 Å². The highest BCUT2D eigenvalue weighted by Gasteiger charge is 2.22. The summed E-state index contributed by atoms with van der Waals surface area (Å²) in [5.41, 5.74) is 0.981. The highest BCUT2D eigenvalue weighted by atomic mass is 32.1. The van der Waals surface area contributed by atoms with Gasteiger partial charge in [0.1, 0.15) is 18.4 Å². The molecule has 1 heterocycles. The second-order valence-electron chi connectivity index (χ2n) is 6.15. The van der Waals surface area contributed by atoms with Gasteiger partial charge < -0.3 is 15.4 Å². The topological polar surface area (TPSA) is 67.4 Å². The fraction of sp³-hybridized carbons (Fsp3) is 0.182. The van der Waals surface area contributed by atoms with Crippen molar-refractivity contribution >= 4 is 23.2 Å². The van der Waals surface area contributed by atoms with Gasteiger partial charge in [-0.2, -0.15) is 0 Å². The Morgan fingerprint density at radius 1 is 0.929 bits per heavy atom. The van der Waals surface area contributed by atoms with Crippen molar-refractivity contribution in [3.8, 4) is 5.75 Å². The van der Waals surface area contributed by atoms with Crippen molar-refractivity contribution in [2.24, 2.45) is 0 Å². The third kappa shape index (κ3) is 5.96. The molecule has 1 aromatic heterocycles. The summed E-state index contributed by atoms with van der Waals surface area (Å²) >= 11 is 1.35. The number of thiophene rings is 1. The van der Waals surface area contributed by atoms with Gasteiger partial charge in [-0.15, -0.1) is 11.3 Å². The minimum absolute atomic E-state index is 0.231. The van der Waals surface area contributed by atoms with Gasteiger partial charge >= 0.3 is 0 Å². The average molecular weight is 394 g/mol. The third-order valence-electron chi connectivity index (χ3n) is 4.06. The van der Waals surface area contributed by atoms with E-state index >= 15 is 0 Å². The van der Waals surface area contributed by atoms with Crippen molar-refractivity contribution < 1.29 is 14.3 Å². The summed E-state index contributed by atoms with van der Waals surface area (Å²) < 4.78 is 5.59. The molecule has 0 radical (unpaired) electrons. The number of carbonyl (C=O) groups is 2. The summed E-state index contributed by atoms with van der Waals surface area (Å²) in [6.45, 7) is 0.709. The second-order valence-corrected chi connectivity index (χ2v) is 7.09. The molecular formula is C22H22N2O3S. The molecule has 0 saturated carbocycles. The molecule has 0 spiro atoms. The molecule has 6 heteroatoms. The van der Waals surface area contributed by atoms with Crippen molar-refractivity contribution in [3.05, 3.63) is 88.6 Å². The Morgan fingerprint density at radius 2 is 1.64 bits per heavy atom. The molecule has 2 N–H and O–H groups in total. The third-order valence-corrected chi connectivity index (χ3v) is 4.93. The van der Waals surface area contributed by atoms with Gasteiger partial charge in [0.25, 0.3) is 5.91 Å². The summed E-state index contributed by atoms with van der Waals surface area (Å²) in [5, 5.41) is 7.53. The van der Waals surface area contributed by atoms with Crippen LogP contribution < -0.4 is 15.4 Å². The minimum atomic E-state index is -0.659. The van der Waals surface area contributed by atoms with Gasteiger partial charge in [0.2, 0.25) is 5.91 Å². The van der Waals surface area contributed by atoms with E-state index in [1.807, 2.05) is 72.1 Å². The number of nitrogens with one attached hydrogen (secondary N) is 2. The Balaban J connectivity index is 1.56. The highest BCUT2D eigenvalue weighted by molar-refractivity contribution is 7.12. The minimum Gasteiger partial charge on any atom is -0.492 e. The molecule has 28 heavy (non-hydrogen) atoms. The molecule has 5 nitrogen and oxygen atoms in total. The van der Waals surface area contributed by atoms with E-state index in [2.05, 4.69) is 10.6 Å². The van der Waals surface area contributed by atoms with Crippen molar-refractivity contribution in [1.82, 2.24) is 10.6 Å². The number of para-hydroxylation sites is 1. The van der Waals surface area contributed by atoms with E-state index in [9.17, 15) is 9.59 Å². The fourth-order valence-corrected chi connectivity index (χ4v) is 3.31. The van der Waals surface area contributed by atoms with Crippen LogP contribution in [0.4, 0.5) is 0 Å². The SMILES string of the molecule is O=C(N[C@@H](Cc1ccccc1)C(=O)NCCOc1ccccc1)c1cccs1. The fourth-order valence-electron chi connectivity index (χ4n) is 2.68. The number of hydrogen-bond donors (Lipinski definition) is 2. The molecule has 2 aromatic carbocycles. The summed E-state index contributed by atoms with van der Waals surface area (Å²) in [5.74, 6) is 0.278. The standard InChI is InChI=1S/C22H22N2O3S/c25-21(23-13-14-27-18-10-5-2-6-11-18)19(16-17-8-3-1-4-9-17)24-22(26)20-12-7-15-28-20/h1-12,15,19H,13-14,16H2,(H,23,25)(H,24,26)/t19-/m0/s1. The highest BCUT2D eigenvalue weighted by Crippen LogP contribution is 2.10. The zero-order chi connectivity index (χ0) is 19.6. The predicted octanol–water partition coefficient (Wildman–Crippen LogP) is 3.28. The molecule has 0 bridgehead atoms. The number of rotatable bonds is 9. The van der Waals surface area contributed by atoms with Gasteiger partial charge in [0, 0.05) is 6.42 Å². The van der Waals surface area contributed by atoms with Crippen molar-refractivity contribution in [2.45, 2.75) is 12.5 Å². The molecule has 0 aliphatic carbocycles. The summed E-state index contributed by atoms with van der Waals surface area (Å²) in [7, 11) is 0. The van der Waals surface area contributed by atoms with Crippen molar-refractivity contribution in [1.29, 1.82) is 0 Å². The number of hydrogen-bond acceptors (Lipinski definition) is 4. The van der Waals surface area contributed by atoms with Crippen LogP contribution in [0.15, 0.2) is 78.2 Å². The Hall–Kier alpha value is -3.12. The van der Waals surface area contributed by atoms with Crippen LogP contribution in [0, 0.1) is 0 Å². The maximum Gasteiger partial charge on any atom is 0.262 e. The van der Waals surface area contributed by atoms with Gasteiger partial charge in [0.15, 0.2) is 0 Å². The van der Waals surface area contributed by atoms with Crippen LogP contribution in [0.5, 0.6) is 5.75 Å². The lowest BCUT2D eigenvalue weighted by Crippen LogP contribution is -2.48. The van der Waals surface area contributed by atoms with Crippen LogP contribution >= 0.6 is 11.3 Å². The maximum absolute atomic E-state index is 12.7. The summed E-state index contributed by atoms with van der Waals surface area (Å²) in [6.07, 6.45) is 0.420. The lowest BCUT2D eigenvalue weighted by molar-refractivity contribution is -0.123. The van der Waals surface area contributed by atoms with Crippen molar-refractivity contribution in [3.63, 3.8) is 0 Å². The van der Waals surface area contributed by atoms with Crippen LogP contribution in [0.25, 0.3) is 0 Å². The molecule has 3 rings (SSSR count). The molecule has 0 unspecified atom stereocenters. The van der Waals surface area contributed by atoms with Crippen LogP contribution in [-0.4, -0.2) is 31.0 Å². The van der Waals surface area contributed by atoms with E-state index in [1.54, 1.807) is 6.07 Å². The van der Waals surface area contributed by atoms with Crippen LogP contribution in [0.3, 0.4) is 0 Å². The first kappa shape index (κ1) is 19.6. The van der Waals surface area contributed by atoms with E-state index in [1.165, 1.54) is 11.3 Å². The monoisotopic (exact) mass is 394 g/mol. The van der Waals surface area contributed by atoms with E-state index in [0.717, 1.165) is 11.3 Å². The molecule has 0 aliphatic rings. The smallest absolute Gasteiger partial charge is 0.262 e. The lowest BCUT2D eigenvalue weighted by Gasteiger charge is -2.18. The predicted molar refractivity (Wildman–Crippen MR) is 111 cm³/mol. The zero-order valence-corrected chi connectivity index (χ0v) is 16.2. The Labute approximate surface area is 168 Å². The van der Waals surface area contributed by atoms with E-state index in [0.29, 0.717) is 24.4 Å². The second kappa shape index (κ2) is 10.3. The van der Waals surface area contributed by atoms with E-state index < -0.39 is 6.04 Å². The molecular weight excluding hydrogens is 372 g/mol. The van der Waals surface area contributed by atoms with Crippen LogP contribution in [-0.2, 0) is 11.2 Å². The number of amides is 2. The molecule has 3 aromatic rings. The van der Waals surface area contributed by atoms with E-state index in [-0.39, 0.29) is 11.8 Å².